The number of aromatic nitrogens is 1. The van der Waals surface area contributed by atoms with Crippen molar-refractivity contribution < 1.29 is 27.2 Å². The van der Waals surface area contributed by atoms with E-state index in [0.29, 0.717) is 5.69 Å². The van der Waals surface area contributed by atoms with Gasteiger partial charge in [-0.1, -0.05) is 24.2 Å². The summed E-state index contributed by atoms with van der Waals surface area (Å²) in [5.41, 5.74) is 0.294. The summed E-state index contributed by atoms with van der Waals surface area (Å²) in [5, 5.41) is 2.94. The molecular weight excluding hydrogens is 325 g/mol. The minimum atomic E-state index is -4.63. The largest absolute Gasteiger partial charge is 0.453 e. The molecule has 0 spiro atoms. The van der Waals surface area contributed by atoms with Gasteiger partial charge >= 0.3 is 12.1 Å². The van der Waals surface area contributed by atoms with Crippen molar-refractivity contribution in [2.75, 3.05) is 18.6 Å². The molecule has 0 aliphatic heterocycles. The molecule has 0 fully saturated rings. The molecule has 1 aromatic heterocycles. The quantitative estimate of drug-likeness (QED) is 0.833. The molecule has 2 aromatic rings. The molecule has 0 aliphatic rings. The minimum Gasteiger partial charge on any atom is -0.453 e. The van der Waals surface area contributed by atoms with E-state index in [1.165, 1.54) is 11.8 Å². The third-order valence-electron chi connectivity index (χ3n) is 3.56. The number of anilines is 1. The van der Waals surface area contributed by atoms with E-state index < -0.39 is 30.3 Å². The standard InChI is InChI=1S/C16H17F3N2O3/c1-4-11-6-5-7-12(8-11)21(3)13(22)9-23-15-10(2)14(20-24-15)16(17,18)19/h5-8H,4,9H2,1-3H3. The molecule has 0 aliphatic carbocycles. The van der Waals surface area contributed by atoms with E-state index in [0.717, 1.165) is 12.0 Å². The average Bonchev–Trinajstić information content (AvgIpc) is 2.92. The molecule has 1 heterocycles. The van der Waals surface area contributed by atoms with Gasteiger partial charge in [0, 0.05) is 12.7 Å². The number of aryl methyl sites for hydroxylation is 1. The predicted octanol–water partition coefficient (Wildman–Crippen LogP) is 3.61. The lowest BCUT2D eigenvalue weighted by molar-refractivity contribution is -0.143. The average molecular weight is 342 g/mol. The molecule has 130 valence electrons. The maximum Gasteiger partial charge on any atom is 0.437 e. The highest BCUT2D eigenvalue weighted by atomic mass is 19.4. The fraction of sp³-hybridized carbons (Fsp3) is 0.375. The molecule has 1 amide bonds. The van der Waals surface area contributed by atoms with Crippen molar-refractivity contribution in [1.82, 2.24) is 5.16 Å². The number of carbonyl (C=O) groups is 1. The van der Waals surface area contributed by atoms with Crippen LogP contribution in [0.3, 0.4) is 0 Å². The second kappa shape index (κ2) is 6.94. The zero-order valence-electron chi connectivity index (χ0n) is 13.5. The number of likely N-dealkylation sites (N-methyl/N-ethyl adjacent to an activating group) is 1. The number of alkyl halides is 3. The van der Waals surface area contributed by atoms with E-state index in [1.807, 2.05) is 25.1 Å². The van der Waals surface area contributed by atoms with Crippen LogP contribution in [0, 0.1) is 6.92 Å². The summed E-state index contributed by atoms with van der Waals surface area (Å²) in [6.45, 7) is 2.71. The number of carbonyl (C=O) groups excluding carboxylic acids is 1. The number of halogens is 3. The van der Waals surface area contributed by atoms with Crippen molar-refractivity contribution in [2.24, 2.45) is 0 Å². The topological polar surface area (TPSA) is 55.6 Å². The van der Waals surface area contributed by atoms with Gasteiger partial charge in [0.2, 0.25) is 0 Å². The van der Waals surface area contributed by atoms with E-state index in [-0.39, 0.29) is 5.56 Å². The minimum absolute atomic E-state index is 0.286. The van der Waals surface area contributed by atoms with Gasteiger partial charge in [0.05, 0.1) is 5.56 Å². The third kappa shape index (κ3) is 3.87. The van der Waals surface area contributed by atoms with Crippen LogP contribution in [0.4, 0.5) is 18.9 Å². The SMILES string of the molecule is CCc1cccc(N(C)C(=O)COc2onc(C(F)(F)F)c2C)c1. The highest BCUT2D eigenvalue weighted by molar-refractivity contribution is 5.93. The van der Waals surface area contributed by atoms with Crippen molar-refractivity contribution in [3.8, 4) is 5.95 Å². The second-order valence-electron chi connectivity index (χ2n) is 5.21. The van der Waals surface area contributed by atoms with Crippen LogP contribution in [-0.2, 0) is 17.4 Å². The van der Waals surface area contributed by atoms with Gasteiger partial charge in [-0.2, -0.15) is 13.2 Å². The molecule has 0 bridgehead atoms. The first-order valence-corrected chi connectivity index (χ1v) is 7.25. The molecule has 0 unspecified atom stereocenters. The maximum absolute atomic E-state index is 12.6. The lowest BCUT2D eigenvalue weighted by atomic mass is 10.1. The number of ether oxygens (including phenoxy) is 1. The van der Waals surface area contributed by atoms with E-state index in [2.05, 4.69) is 9.68 Å². The van der Waals surface area contributed by atoms with Gasteiger partial charge in [0.1, 0.15) is 0 Å². The first-order chi connectivity index (χ1) is 11.2. The van der Waals surface area contributed by atoms with Crippen LogP contribution in [0.1, 0.15) is 23.7 Å². The number of nitrogens with zero attached hydrogens (tertiary/aromatic N) is 2. The smallest absolute Gasteiger partial charge is 0.437 e. The Kier molecular flexibility index (Phi) is 5.16. The third-order valence-corrected chi connectivity index (χ3v) is 3.56. The number of amides is 1. The fourth-order valence-electron chi connectivity index (χ4n) is 2.07. The highest BCUT2D eigenvalue weighted by Gasteiger charge is 2.38. The molecule has 2 rings (SSSR count). The molecule has 24 heavy (non-hydrogen) atoms. The highest BCUT2D eigenvalue weighted by Crippen LogP contribution is 2.34. The van der Waals surface area contributed by atoms with Gasteiger partial charge in [-0.25, -0.2) is 0 Å². The number of rotatable bonds is 5. The maximum atomic E-state index is 12.6. The van der Waals surface area contributed by atoms with Crippen LogP contribution < -0.4 is 9.64 Å². The molecule has 0 saturated carbocycles. The first kappa shape index (κ1) is 17.8. The second-order valence-corrected chi connectivity index (χ2v) is 5.21. The normalized spacial score (nSPS) is 11.4. The monoisotopic (exact) mass is 342 g/mol. The van der Waals surface area contributed by atoms with Gasteiger partial charge in [-0.15, -0.1) is 0 Å². The molecule has 8 heteroatoms. The zero-order valence-corrected chi connectivity index (χ0v) is 13.5. The summed E-state index contributed by atoms with van der Waals surface area (Å²) in [7, 11) is 1.56. The van der Waals surface area contributed by atoms with E-state index in [1.54, 1.807) is 13.1 Å². The van der Waals surface area contributed by atoms with E-state index in [4.69, 9.17) is 4.74 Å². The Morgan fingerprint density at radius 3 is 2.67 bits per heavy atom. The Morgan fingerprint density at radius 1 is 1.38 bits per heavy atom. The van der Waals surface area contributed by atoms with Crippen LogP contribution in [0.25, 0.3) is 0 Å². The molecular formula is C16H17F3N2O3. The molecule has 5 nitrogen and oxygen atoms in total. The first-order valence-electron chi connectivity index (χ1n) is 7.25. The lowest BCUT2D eigenvalue weighted by Crippen LogP contribution is -2.31. The number of hydrogen-bond acceptors (Lipinski definition) is 4. The van der Waals surface area contributed by atoms with E-state index in [9.17, 15) is 18.0 Å². The van der Waals surface area contributed by atoms with Crippen molar-refractivity contribution in [3.63, 3.8) is 0 Å². The number of hydrogen-bond donors (Lipinski definition) is 0. The van der Waals surface area contributed by atoms with Crippen LogP contribution in [0.15, 0.2) is 28.8 Å². The molecule has 0 N–H and O–H groups in total. The Bertz CT molecular complexity index is 726. The Labute approximate surface area is 137 Å². The van der Waals surface area contributed by atoms with Crippen molar-refractivity contribution in [2.45, 2.75) is 26.4 Å². The van der Waals surface area contributed by atoms with Crippen LogP contribution in [0.5, 0.6) is 5.95 Å². The van der Waals surface area contributed by atoms with Crippen molar-refractivity contribution in [1.29, 1.82) is 0 Å². The zero-order chi connectivity index (χ0) is 17.9. The van der Waals surface area contributed by atoms with Gasteiger partial charge in [-0.3, -0.25) is 4.79 Å². The molecule has 1 aromatic carbocycles. The summed E-state index contributed by atoms with van der Waals surface area (Å²) in [6.07, 6.45) is -3.81. The van der Waals surface area contributed by atoms with Gasteiger partial charge in [0.15, 0.2) is 12.3 Å². The number of benzene rings is 1. The molecule has 0 radical (unpaired) electrons. The summed E-state index contributed by atoms with van der Waals surface area (Å²) in [4.78, 5) is 13.5. The van der Waals surface area contributed by atoms with Gasteiger partial charge in [0.25, 0.3) is 5.91 Å². The van der Waals surface area contributed by atoms with Gasteiger partial charge < -0.3 is 14.2 Å². The molecule has 0 atom stereocenters. The predicted molar refractivity (Wildman–Crippen MR) is 81.0 cm³/mol. The summed E-state index contributed by atoms with van der Waals surface area (Å²) < 4.78 is 47.5. The fourth-order valence-corrected chi connectivity index (χ4v) is 2.07. The van der Waals surface area contributed by atoms with Crippen LogP contribution in [-0.4, -0.2) is 24.7 Å². The van der Waals surface area contributed by atoms with Crippen molar-refractivity contribution >= 4 is 11.6 Å². The summed E-state index contributed by atoms with van der Waals surface area (Å²) in [6, 6.07) is 7.39. The van der Waals surface area contributed by atoms with Crippen LogP contribution in [0.2, 0.25) is 0 Å². The summed E-state index contributed by atoms with van der Waals surface area (Å²) in [5.74, 6) is -0.834. The Hall–Kier alpha value is -2.51. The van der Waals surface area contributed by atoms with E-state index >= 15 is 0 Å². The van der Waals surface area contributed by atoms with Gasteiger partial charge in [-0.05, 0) is 31.0 Å². The van der Waals surface area contributed by atoms with Crippen LogP contribution >= 0.6 is 0 Å². The summed E-state index contributed by atoms with van der Waals surface area (Å²) >= 11 is 0. The lowest BCUT2D eigenvalue weighted by Gasteiger charge is -2.18. The Balaban J connectivity index is 2.04. The van der Waals surface area contributed by atoms with Crippen molar-refractivity contribution in [3.05, 3.63) is 41.1 Å². The molecule has 0 saturated heterocycles. The Morgan fingerprint density at radius 2 is 2.08 bits per heavy atom.